The molecule has 2 heteroatoms. The Morgan fingerprint density at radius 2 is 1.33 bits per heavy atom. The molecule has 1 fully saturated rings. The molecule has 5 rings (SSSR count). The maximum absolute atomic E-state index is 12.8. The molecule has 0 amide bonds. The van der Waals surface area contributed by atoms with Crippen LogP contribution in [0.5, 0.6) is 0 Å². The maximum atomic E-state index is 12.8. The monoisotopic (exact) mass is 431 g/mol. The van der Waals surface area contributed by atoms with Crippen LogP contribution < -0.4 is 5.73 Å². The third-order valence-electron chi connectivity index (χ3n) is 6.90. The van der Waals surface area contributed by atoms with Crippen molar-refractivity contribution in [3.05, 3.63) is 131 Å². The highest BCUT2D eigenvalue weighted by atomic mass is 16.1. The van der Waals surface area contributed by atoms with Crippen molar-refractivity contribution >= 4 is 5.78 Å². The average Bonchev–Trinajstić information content (AvgIpc) is 3.56. The highest BCUT2D eigenvalue weighted by Gasteiger charge is 2.50. The van der Waals surface area contributed by atoms with Gasteiger partial charge in [-0.1, -0.05) is 109 Å². The minimum absolute atomic E-state index is 0.103. The van der Waals surface area contributed by atoms with Crippen molar-refractivity contribution in [3.8, 4) is 11.1 Å². The van der Waals surface area contributed by atoms with Crippen LogP contribution in [0.4, 0.5) is 0 Å². The zero-order chi connectivity index (χ0) is 22.7. The van der Waals surface area contributed by atoms with E-state index in [1.165, 1.54) is 11.1 Å². The predicted molar refractivity (Wildman–Crippen MR) is 135 cm³/mol. The van der Waals surface area contributed by atoms with Crippen LogP contribution in [-0.2, 0) is 12.8 Å². The van der Waals surface area contributed by atoms with Gasteiger partial charge < -0.3 is 5.73 Å². The van der Waals surface area contributed by atoms with Gasteiger partial charge >= 0.3 is 0 Å². The molecule has 0 radical (unpaired) electrons. The summed E-state index contributed by atoms with van der Waals surface area (Å²) in [6.45, 7) is 0. The van der Waals surface area contributed by atoms with Crippen molar-refractivity contribution in [2.24, 2.45) is 5.73 Å². The number of hydrogen-bond acceptors (Lipinski definition) is 2. The molecule has 1 saturated carbocycles. The van der Waals surface area contributed by atoms with Crippen molar-refractivity contribution in [1.82, 2.24) is 0 Å². The largest absolute Gasteiger partial charge is 0.325 e. The lowest BCUT2D eigenvalue weighted by atomic mass is 9.97. The van der Waals surface area contributed by atoms with E-state index < -0.39 is 0 Å². The Bertz CT molecular complexity index is 1210. The van der Waals surface area contributed by atoms with E-state index in [1.807, 2.05) is 48.5 Å². The van der Waals surface area contributed by atoms with Gasteiger partial charge in [0.25, 0.3) is 0 Å². The van der Waals surface area contributed by atoms with Crippen molar-refractivity contribution in [2.75, 3.05) is 0 Å². The van der Waals surface area contributed by atoms with E-state index in [0.717, 1.165) is 41.5 Å². The Labute approximate surface area is 196 Å². The predicted octanol–water partition coefficient (Wildman–Crippen LogP) is 6.60. The fourth-order valence-electron chi connectivity index (χ4n) is 4.70. The van der Waals surface area contributed by atoms with E-state index in [2.05, 4.69) is 60.7 Å². The molecule has 0 spiro atoms. The average molecular weight is 432 g/mol. The lowest BCUT2D eigenvalue weighted by molar-refractivity contribution is 0.0993. The second-order valence-electron chi connectivity index (χ2n) is 9.26. The van der Waals surface area contributed by atoms with Crippen LogP contribution in [0.1, 0.15) is 45.8 Å². The summed E-state index contributed by atoms with van der Waals surface area (Å²) in [7, 11) is 0. The third kappa shape index (κ3) is 4.97. The molecule has 0 unspecified atom stereocenters. The van der Waals surface area contributed by atoms with Gasteiger partial charge in [0.2, 0.25) is 0 Å². The van der Waals surface area contributed by atoms with Gasteiger partial charge in [-0.25, -0.2) is 0 Å². The summed E-state index contributed by atoms with van der Waals surface area (Å²) in [5.74, 6) is 0.557. The zero-order valence-electron chi connectivity index (χ0n) is 18.8. The van der Waals surface area contributed by atoms with Gasteiger partial charge in [-0.05, 0) is 47.1 Å². The number of ketones is 1. The van der Waals surface area contributed by atoms with Gasteiger partial charge in [0.1, 0.15) is 0 Å². The van der Waals surface area contributed by atoms with Crippen molar-refractivity contribution in [1.29, 1.82) is 0 Å². The van der Waals surface area contributed by atoms with E-state index in [1.54, 1.807) is 0 Å². The molecule has 0 heterocycles. The Kier molecular flexibility index (Phi) is 5.93. The molecule has 0 bridgehead atoms. The molecule has 1 aliphatic rings. The summed E-state index contributed by atoms with van der Waals surface area (Å²) in [6, 6.07) is 37.2. The first-order valence-electron chi connectivity index (χ1n) is 11.7. The Morgan fingerprint density at radius 1 is 0.727 bits per heavy atom. The number of hydrogen-bond donors (Lipinski definition) is 1. The molecule has 164 valence electrons. The number of carbonyl (C=O) groups excluding carboxylic acids is 1. The van der Waals surface area contributed by atoms with E-state index in [9.17, 15) is 4.79 Å². The number of carbonyl (C=O) groups is 1. The molecule has 2 atom stereocenters. The first kappa shape index (κ1) is 21.4. The lowest BCUT2D eigenvalue weighted by Gasteiger charge is -2.12. The van der Waals surface area contributed by atoms with Gasteiger partial charge in [-0.2, -0.15) is 0 Å². The van der Waals surface area contributed by atoms with Crippen LogP contribution in [-0.4, -0.2) is 11.3 Å². The van der Waals surface area contributed by atoms with Gasteiger partial charge in [0.05, 0.1) is 0 Å². The van der Waals surface area contributed by atoms with E-state index in [0.29, 0.717) is 12.3 Å². The standard InChI is InChI=1S/C31H29NO/c32-31(20-19-23-7-3-1-4-8-23)22-29(31)27-13-11-24(12-14-27)21-30(33)28-17-15-26(16-18-28)25-9-5-2-6-10-25/h1-18,29H,19-22,32H2/t29-,31+/m0/s1. The second-order valence-corrected chi connectivity index (χ2v) is 9.26. The summed E-state index contributed by atoms with van der Waals surface area (Å²) < 4.78 is 0. The second kappa shape index (κ2) is 9.17. The molecular formula is C31H29NO. The molecular weight excluding hydrogens is 402 g/mol. The fourth-order valence-corrected chi connectivity index (χ4v) is 4.70. The lowest BCUT2D eigenvalue weighted by Crippen LogP contribution is -2.25. The van der Waals surface area contributed by atoms with E-state index in [-0.39, 0.29) is 11.3 Å². The van der Waals surface area contributed by atoms with E-state index >= 15 is 0 Å². The highest BCUT2D eigenvalue weighted by Crippen LogP contribution is 2.52. The summed E-state index contributed by atoms with van der Waals surface area (Å²) in [5.41, 5.74) is 13.3. The number of rotatable bonds is 8. The van der Waals surface area contributed by atoms with Crippen LogP contribution in [0.3, 0.4) is 0 Å². The first-order chi connectivity index (χ1) is 16.1. The van der Waals surface area contributed by atoms with Crippen LogP contribution in [0.15, 0.2) is 109 Å². The Morgan fingerprint density at radius 3 is 2.00 bits per heavy atom. The Balaban J connectivity index is 1.18. The van der Waals surface area contributed by atoms with Crippen molar-refractivity contribution in [2.45, 2.75) is 37.1 Å². The zero-order valence-corrected chi connectivity index (χ0v) is 18.8. The first-order valence-corrected chi connectivity index (χ1v) is 11.7. The van der Waals surface area contributed by atoms with Gasteiger partial charge in [0, 0.05) is 23.4 Å². The van der Waals surface area contributed by atoms with Crippen LogP contribution in [0, 0.1) is 0 Å². The summed E-state index contributed by atoms with van der Waals surface area (Å²) in [4.78, 5) is 12.8. The molecule has 0 saturated heterocycles. The molecule has 2 nitrogen and oxygen atoms in total. The minimum atomic E-state index is -0.103. The molecule has 33 heavy (non-hydrogen) atoms. The molecule has 4 aromatic rings. The normalized spacial score (nSPS) is 19.2. The summed E-state index contributed by atoms with van der Waals surface area (Å²) in [6.07, 6.45) is 3.47. The summed E-state index contributed by atoms with van der Waals surface area (Å²) in [5, 5.41) is 0. The molecule has 4 aromatic carbocycles. The molecule has 0 aromatic heterocycles. The van der Waals surface area contributed by atoms with Crippen molar-refractivity contribution in [3.63, 3.8) is 0 Å². The number of benzene rings is 4. The molecule has 1 aliphatic carbocycles. The highest BCUT2D eigenvalue weighted by molar-refractivity contribution is 5.97. The minimum Gasteiger partial charge on any atom is -0.325 e. The Hall–Kier alpha value is -3.49. The van der Waals surface area contributed by atoms with Gasteiger partial charge in [-0.15, -0.1) is 0 Å². The van der Waals surface area contributed by atoms with Crippen LogP contribution in [0.2, 0.25) is 0 Å². The van der Waals surface area contributed by atoms with Crippen LogP contribution in [0.25, 0.3) is 11.1 Å². The number of Topliss-reactive ketones (excluding diaryl/α,β-unsaturated/α-hetero) is 1. The smallest absolute Gasteiger partial charge is 0.167 e. The van der Waals surface area contributed by atoms with Crippen LogP contribution >= 0.6 is 0 Å². The third-order valence-corrected chi connectivity index (χ3v) is 6.90. The quantitative estimate of drug-likeness (QED) is 0.320. The SMILES string of the molecule is N[C@]1(CCc2ccccc2)C[C@H]1c1ccc(CC(=O)c2ccc(-c3ccccc3)cc2)cc1. The summed E-state index contributed by atoms with van der Waals surface area (Å²) >= 11 is 0. The van der Waals surface area contributed by atoms with Gasteiger partial charge in [0.15, 0.2) is 5.78 Å². The number of aryl methyl sites for hydroxylation is 1. The topological polar surface area (TPSA) is 43.1 Å². The molecule has 0 aliphatic heterocycles. The van der Waals surface area contributed by atoms with Crippen molar-refractivity contribution < 1.29 is 4.79 Å². The maximum Gasteiger partial charge on any atom is 0.167 e. The molecule has 2 N–H and O–H groups in total. The number of nitrogens with two attached hydrogens (primary N) is 1. The fraction of sp³-hybridized carbons (Fsp3) is 0.194. The van der Waals surface area contributed by atoms with Gasteiger partial charge in [-0.3, -0.25) is 4.79 Å². The van der Waals surface area contributed by atoms with E-state index in [4.69, 9.17) is 5.73 Å².